The van der Waals surface area contributed by atoms with Crippen molar-refractivity contribution in [3.05, 3.63) is 29.8 Å². The van der Waals surface area contributed by atoms with E-state index >= 15 is 0 Å². The van der Waals surface area contributed by atoms with Crippen LogP contribution in [0.4, 0.5) is 0 Å². The van der Waals surface area contributed by atoms with Gasteiger partial charge in [-0.15, -0.1) is 0 Å². The van der Waals surface area contributed by atoms with Gasteiger partial charge in [-0.1, -0.05) is 44.9 Å². The fraction of sp³-hybridized carbons (Fsp3) is 0.682. The fourth-order valence-corrected chi connectivity index (χ4v) is 5.09. The highest BCUT2D eigenvalue weighted by Gasteiger charge is 2.36. The number of ether oxygens (including phenoxy) is 1. The summed E-state index contributed by atoms with van der Waals surface area (Å²) < 4.78 is 22.2. The lowest BCUT2D eigenvalue weighted by molar-refractivity contribution is 0.122. The Morgan fingerprint density at radius 2 is 1.28 bits per heavy atom. The van der Waals surface area contributed by atoms with Crippen LogP contribution in [0.15, 0.2) is 29.4 Å². The van der Waals surface area contributed by atoms with Gasteiger partial charge < -0.3 is 23.9 Å². The summed E-state index contributed by atoms with van der Waals surface area (Å²) in [6.45, 7) is 2.67. The molecule has 1 aromatic carbocycles. The molecule has 7 heteroatoms. The summed E-state index contributed by atoms with van der Waals surface area (Å²) in [6.07, 6.45) is 11.1. The molecular formula is C22H40N2O4Si. The van der Waals surface area contributed by atoms with Gasteiger partial charge in [0.05, 0.1) is 12.3 Å². The molecule has 0 fully saturated rings. The molecule has 2 N–H and O–H groups in total. The van der Waals surface area contributed by atoms with Gasteiger partial charge >= 0.3 is 8.80 Å². The Balaban J connectivity index is 1.96. The topological polar surface area (TPSA) is 75.3 Å². The van der Waals surface area contributed by atoms with Gasteiger partial charge in [0, 0.05) is 27.4 Å². The van der Waals surface area contributed by atoms with Crippen LogP contribution in [0.2, 0.25) is 6.04 Å². The number of benzene rings is 1. The molecule has 0 spiro atoms. The van der Waals surface area contributed by atoms with Crippen LogP contribution in [0, 0.1) is 0 Å². The summed E-state index contributed by atoms with van der Waals surface area (Å²) in [5.74, 6) is 6.20. The van der Waals surface area contributed by atoms with E-state index in [9.17, 15) is 0 Å². The standard InChI is InChI=1S/C22H40N2O4Si/c1-20(24-23)21-14-16-22(17-15-21)28-18-12-10-8-6-5-7-9-11-13-19-29(25-2,26-3)27-4/h14-17H,5-13,18-19,23H2,1-4H3. The van der Waals surface area contributed by atoms with E-state index in [0.29, 0.717) is 0 Å². The second-order valence-corrected chi connectivity index (χ2v) is 10.4. The lowest BCUT2D eigenvalue weighted by Crippen LogP contribution is -2.42. The number of nitrogens with zero attached hydrogens (tertiary/aromatic N) is 1. The molecule has 0 aliphatic rings. The molecule has 0 saturated carbocycles. The molecule has 1 rings (SSSR count). The summed E-state index contributed by atoms with van der Waals surface area (Å²) in [7, 11) is 2.67. The molecule has 0 aliphatic carbocycles. The van der Waals surface area contributed by atoms with Crippen LogP contribution in [0.1, 0.15) is 70.3 Å². The monoisotopic (exact) mass is 424 g/mol. The predicted molar refractivity (Wildman–Crippen MR) is 121 cm³/mol. The van der Waals surface area contributed by atoms with Crippen molar-refractivity contribution < 1.29 is 18.0 Å². The lowest BCUT2D eigenvalue weighted by Gasteiger charge is -2.24. The van der Waals surface area contributed by atoms with E-state index in [0.717, 1.165) is 42.5 Å². The van der Waals surface area contributed by atoms with E-state index < -0.39 is 8.80 Å². The first-order valence-electron chi connectivity index (χ1n) is 10.7. The molecular weight excluding hydrogens is 384 g/mol. The maximum atomic E-state index is 5.80. The zero-order valence-electron chi connectivity index (χ0n) is 18.7. The summed E-state index contributed by atoms with van der Waals surface area (Å²) >= 11 is 0. The average Bonchev–Trinajstić information content (AvgIpc) is 2.77. The van der Waals surface area contributed by atoms with Crippen LogP contribution in [0.25, 0.3) is 0 Å². The fourth-order valence-electron chi connectivity index (χ4n) is 3.29. The van der Waals surface area contributed by atoms with Gasteiger partial charge in [0.25, 0.3) is 0 Å². The molecule has 1 aromatic rings. The molecule has 0 unspecified atom stereocenters. The van der Waals surface area contributed by atoms with Crippen molar-refractivity contribution in [3.63, 3.8) is 0 Å². The molecule has 0 atom stereocenters. The van der Waals surface area contributed by atoms with E-state index in [2.05, 4.69) is 5.10 Å². The summed E-state index contributed by atoms with van der Waals surface area (Å²) in [6, 6.07) is 8.83. The van der Waals surface area contributed by atoms with E-state index in [1.54, 1.807) is 21.3 Å². The van der Waals surface area contributed by atoms with Crippen LogP contribution in [0.3, 0.4) is 0 Å². The molecule has 0 heterocycles. The molecule has 0 radical (unpaired) electrons. The van der Waals surface area contributed by atoms with Crippen LogP contribution in [0.5, 0.6) is 5.75 Å². The van der Waals surface area contributed by atoms with Crippen molar-refractivity contribution in [2.45, 2.75) is 70.8 Å². The molecule has 29 heavy (non-hydrogen) atoms. The summed E-state index contributed by atoms with van der Waals surface area (Å²) in [4.78, 5) is 0. The Kier molecular flexibility index (Phi) is 13.6. The molecule has 0 bridgehead atoms. The van der Waals surface area contributed by atoms with Gasteiger partial charge in [-0.25, -0.2) is 0 Å². The van der Waals surface area contributed by atoms with Crippen LogP contribution in [-0.2, 0) is 13.3 Å². The third kappa shape index (κ3) is 10.3. The first-order chi connectivity index (χ1) is 14.1. The van der Waals surface area contributed by atoms with E-state index in [-0.39, 0.29) is 0 Å². The lowest BCUT2D eigenvalue weighted by atomic mass is 10.1. The zero-order chi connectivity index (χ0) is 21.4. The molecule has 0 aliphatic heterocycles. The quantitative estimate of drug-likeness (QED) is 0.123. The van der Waals surface area contributed by atoms with Gasteiger partial charge in [-0.05, 0) is 49.6 Å². The van der Waals surface area contributed by atoms with Gasteiger partial charge in [0.2, 0.25) is 0 Å². The average molecular weight is 425 g/mol. The number of unbranched alkanes of at least 4 members (excludes halogenated alkanes) is 8. The Bertz CT molecular complexity index is 554. The van der Waals surface area contributed by atoms with Crippen LogP contribution in [-0.4, -0.2) is 42.5 Å². The van der Waals surface area contributed by atoms with E-state index in [4.69, 9.17) is 23.9 Å². The predicted octanol–water partition coefficient (Wildman–Crippen LogP) is 5.14. The Morgan fingerprint density at radius 3 is 1.76 bits per heavy atom. The van der Waals surface area contributed by atoms with Crippen LogP contribution >= 0.6 is 0 Å². The largest absolute Gasteiger partial charge is 0.500 e. The Morgan fingerprint density at radius 1 is 0.793 bits per heavy atom. The van der Waals surface area contributed by atoms with Crippen molar-refractivity contribution in [1.82, 2.24) is 0 Å². The number of hydrogen-bond donors (Lipinski definition) is 1. The normalized spacial score (nSPS) is 12.3. The van der Waals surface area contributed by atoms with Gasteiger partial charge in [0.15, 0.2) is 0 Å². The van der Waals surface area contributed by atoms with Crippen molar-refractivity contribution in [3.8, 4) is 5.75 Å². The number of rotatable bonds is 17. The first kappa shape index (κ1) is 25.6. The highest BCUT2D eigenvalue weighted by molar-refractivity contribution is 6.60. The van der Waals surface area contributed by atoms with Crippen molar-refractivity contribution in [2.75, 3.05) is 27.9 Å². The van der Waals surface area contributed by atoms with Crippen molar-refractivity contribution >= 4 is 14.5 Å². The minimum atomic E-state index is -2.37. The highest BCUT2D eigenvalue weighted by atomic mass is 28.4. The molecule has 0 aromatic heterocycles. The Labute approximate surface area is 178 Å². The third-order valence-corrected chi connectivity index (χ3v) is 8.13. The van der Waals surface area contributed by atoms with E-state index in [1.807, 2.05) is 31.2 Å². The third-order valence-electron chi connectivity index (χ3n) is 5.29. The zero-order valence-corrected chi connectivity index (χ0v) is 19.7. The smallest absolute Gasteiger partial charge is 0.494 e. The number of nitrogens with two attached hydrogens (primary N) is 1. The van der Waals surface area contributed by atoms with Crippen molar-refractivity contribution in [1.29, 1.82) is 0 Å². The minimum absolute atomic E-state index is 0.771. The molecule has 166 valence electrons. The van der Waals surface area contributed by atoms with Crippen molar-refractivity contribution in [2.24, 2.45) is 10.9 Å². The number of hydrazone groups is 1. The second-order valence-electron chi connectivity index (χ2n) is 7.31. The van der Waals surface area contributed by atoms with Gasteiger partial charge in [-0.3, -0.25) is 0 Å². The highest BCUT2D eigenvalue weighted by Crippen LogP contribution is 2.19. The number of hydrogen-bond acceptors (Lipinski definition) is 6. The maximum absolute atomic E-state index is 5.80. The Hall–Kier alpha value is -1.41. The van der Waals surface area contributed by atoms with E-state index in [1.165, 1.54) is 44.9 Å². The van der Waals surface area contributed by atoms with Gasteiger partial charge in [0.1, 0.15) is 5.75 Å². The first-order valence-corrected chi connectivity index (χ1v) is 12.7. The maximum Gasteiger partial charge on any atom is 0.500 e. The van der Waals surface area contributed by atoms with Crippen LogP contribution < -0.4 is 10.6 Å². The second kappa shape index (κ2) is 15.4. The molecule has 6 nitrogen and oxygen atoms in total. The minimum Gasteiger partial charge on any atom is -0.494 e. The molecule has 0 saturated heterocycles. The summed E-state index contributed by atoms with van der Waals surface area (Å²) in [5, 5.41) is 3.70. The van der Waals surface area contributed by atoms with Gasteiger partial charge in [-0.2, -0.15) is 5.10 Å². The summed E-state index contributed by atoms with van der Waals surface area (Å²) in [5.41, 5.74) is 1.85. The SMILES string of the molecule is CO[Si](CCCCCCCCCCCOc1ccc(C(C)=NN)cc1)(OC)OC. The molecule has 0 amide bonds.